The van der Waals surface area contributed by atoms with E-state index in [1.807, 2.05) is 0 Å². The van der Waals surface area contributed by atoms with Gasteiger partial charge in [-0.05, 0) is 38.5 Å². The van der Waals surface area contributed by atoms with Gasteiger partial charge in [-0.25, -0.2) is 0 Å². The largest absolute Gasteiger partial charge is 0.394 e. The molecule has 1 amide bonds. The molecule has 0 aliphatic rings. The first kappa shape index (κ1) is 68.1. The number of amides is 1. The van der Waals surface area contributed by atoms with Crippen molar-refractivity contribution in [3.8, 4) is 0 Å². The molecule has 0 fully saturated rings. The Hall–Kier alpha value is -0.910. The molecule has 0 saturated heterocycles. The summed E-state index contributed by atoms with van der Waals surface area (Å²) in [7, 11) is 0. The van der Waals surface area contributed by atoms with E-state index in [0.29, 0.717) is 12.8 Å². The number of nitrogens with one attached hydrogen (secondary N) is 1. The number of aliphatic hydroxyl groups excluding tert-OH is 3. The molecule has 4 N–H and O–H groups in total. The van der Waals surface area contributed by atoms with Gasteiger partial charge in [0.15, 0.2) is 0 Å². The van der Waals surface area contributed by atoms with Gasteiger partial charge >= 0.3 is 0 Å². The van der Waals surface area contributed by atoms with Crippen LogP contribution in [0.4, 0.5) is 0 Å². The van der Waals surface area contributed by atoms with Crippen molar-refractivity contribution in [2.24, 2.45) is 0 Å². The normalized spacial score (nSPS) is 13.2. The third kappa shape index (κ3) is 56.2. The first-order chi connectivity index (χ1) is 34.0. The fourth-order valence-electron chi connectivity index (χ4n) is 10.5. The summed E-state index contributed by atoms with van der Waals surface area (Å²) in [6, 6.07) is -0.657. The smallest absolute Gasteiger partial charge is 0.222 e. The third-order valence-corrected chi connectivity index (χ3v) is 15.3. The van der Waals surface area contributed by atoms with Crippen molar-refractivity contribution in [1.82, 2.24) is 5.32 Å². The Morgan fingerprint density at radius 3 is 0.841 bits per heavy atom. The van der Waals surface area contributed by atoms with Crippen LogP contribution in [0.5, 0.6) is 0 Å². The van der Waals surface area contributed by atoms with Gasteiger partial charge in [0.25, 0.3) is 0 Å². The highest BCUT2D eigenvalue weighted by Gasteiger charge is 2.21. The monoisotopic (exact) mass is 974 g/mol. The number of hydrogen-bond donors (Lipinski definition) is 4. The van der Waals surface area contributed by atoms with E-state index in [0.717, 1.165) is 25.7 Å². The van der Waals surface area contributed by atoms with Crippen LogP contribution in [0.1, 0.15) is 367 Å². The zero-order valence-electron chi connectivity index (χ0n) is 47.2. The maximum absolute atomic E-state index is 12.6. The van der Waals surface area contributed by atoms with Crippen LogP contribution in [0.15, 0.2) is 12.2 Å². The van der Waals surface area contributed by atoms with Crippen molar-refractivity contribution in [2.75, 3.05) is 6.61 Å². The molecule has 3 atom stereocenters. The Balaban J connectivity index is 3.47. The topological polar surface area (TPSA) is 89.8 Å². The van der Waals surface area contributed by atoms with E-state index >= 15 is 0 Å². The summed E-state index contributed by atoms with van der Waals surface area (Å²) in [6.07, 6.45) is 75.4. The first-order valence-corrected chi connectivity index (χ1v) is 32.0. The maximum atomic E-state index is 12.6. The molecule has 0 radical (unpaired) electrons. The Morgan fingerprint density at radius 2 is 0.580 bits per heavy atom. The van der Waals surface area contributed by atoms with Crippen molar-refractivity contribution in [1.29, 1.82) is 0 Å². The quantitative estimate of drug-likeness (QED) is 0.0361. The van der Waals surface area contributed by atoms with Crippen LogP contribution in [0.3, 0.4) is 0 Å². The average molecular weight is 975 g/mol. The Labute approximate surface area is 433 Å². The molecule has 0 aliphatic heterocycles. The van der Waals surface area contributed by atoms with E-state index in [1.165, 1.54) is 308 Å². The van der Waals surface area contributed by atoms with Crippen LogP contribution in [0, 0.1) is 0 Å². The van der Waals surface area contributed by atoms with Crippen LogP contribution in [-0.2, 0) is 4.79 Å². The number of carbonyl (C=O) groups is 1. The number of unbranched alkanes of at least 4 members (excludes halogenated alkanes) is 49. The van der Waals surface area contributed by atoms with Gasteiger partial charge in [0.2, 0.25) is 5.91 Å². The molecular formula is C64H127NO4. The van der Waals surface area contributed by atoms with E-state index in [2.05, 4.69) is 31.3 Å². The molecule has 5 nitrogen and oxygen atoms in total. The average Bonchev–Trinajstić information content (AvgIpc) is 3.35. The molecule has 0 saturated carbocycles. The lowest BCUT2D eigenvalue weighted by atomic mass is 10.0. The lowest BCUT2D eigenvalue weighted by Gasteiger charge is -2.23. The van der Waals surface area contributed by atoms with Gasteiger partial charge in [0.1, 0.15) is 0 Å². The van der Waals surface area contributed by atoms with Gasteiger partial charge in [0.05, 0.1) is 31.3 Å². The summed E-state index contributed by atoms with van der Waals surface area (Å²) in [5, 5.41) is 33.8. The summed E-state index contributed by atoms with van der Waals surface area (Å²) in [4.78, 5) is 12.6. The number of allylic oxidation sites excluding steroid dienone is 2. The van der Waals surface area contributed by atoms with E-state index < -0.39 is 18.2 Å². The van der Waals surface area contributed by atoms with Gasteiger partial charge < -0.3 is 20.6 Å². The van der Waals surface area contributed by atoms with Gasteiger partial charge in [-0.1, -0.05) is 334 Å². The molecule has 0 rings (SSSR count). The van der Waals surface area contributed by atoms with Gasteiger partial charge in [-0.2, -0.15) is 0 Å². The lowest BCUT2D eigenvalue weighted by molar-refractivity contribution is -0.125. The number of aliphatic hydroxyl groups is 3. The summed E-state index contributed by atoms with van der Waals surface area (Å²) in [6.45, 7) is 4.32. The summed E-state index contributed by atoms with van der Waals surface area (Å²) >= 11 is 0. The highest BCUT2D eigenvalue weighted by molar-refractivity contribution is 5.76. The van der Waals surface area contributed by atoms with Crippen LogP contribution in [0.2, 0.25) is 0 Å². The SMILES string of the molecule is CCCCCCCCCCCCCC/C=C\CCCCCCCCCCCCCCCC(O)CC(=O)NC(CO)C(O)CCCCCCCCCCCCCCCCCCCCCCCCCCC. The second-order valence-corrected chi connectivity index (χ2v) is 22.4. The third-order valence-electron chi connectivity index (χ3n) is 15.3. The summed E-state index contributed by atoms with van der Waals surface area (Å²) < 4.78 is 0. The van der Waals surface area contributed by atoms with Crippen LogP contribution in [0.25, 0.3) is 0 Å². The van der Waals surface area contributed by atoms with Crippen LogP contribution in [-0.4, -0.2) is 46.1 Å². The fraction of sp³-hybridized carbons (Fsp3) is 0.953. The molecule has 5 heteroatoms. The van der Waals surface area contributed by atoms with Crippen LogP contribution < -0.4 is 5.32 Å². The Bertz CT molecular complexity index is 987. The maximum Gasteiger partial charge on any atom is 0.222 e. The molecule has 0 aromatic heterocycles. The summed E-state index contributed by atoms with van der Waals surface area (Å²) in [5.41, 5.74) is 0. The van der Waals surface area contributed by atoms with Crippen molar-refractivity contribution >= 4 is 5.91 Å². The van der Waals surface area contributed by atoms with Crippen molar-refractivity contribution in [2.45, 2.75) is 385 Å². The molecular weight excluding hydrogens is 847 g/mol. The zero-order valence-corrected chi connectivity index (χ0v) is 47.2. The first-order valence-electron chi connectivity index (χ1n) is 32.0. The van der Waals surface area contributed by atoms with Crippen molar-refractivity contribution in [3.05, 3.63) is 12.2 Å². The Morgan fingerprint density at radius 1 is 0.348 bits per heavy atom. The van der Waals surface area contributed by atoms with E-state index in [9.17, 15) is 20.1 Å². The number of carbonyl (C=O) groups excluding carboxylic acids is 1. The van der Waals surface area contributed by atoms with Gasteiger partial charge in [0, 0.05) is 0 Å². The van der Waals surface area contributed by atoms with Gasteiger partial charge in [-0.3, -0.25) is 4.79 Å². The van der Waals surface area contributed by atoms with Crippen molar-refractivity contribution in [3.63, 3.8) is 0 Å². The fourth-order valence-corrected chi connectivity index (χ4v) is 10.5. The van der Waals surface area contributed by atoms with Gasteiger partial charge in [-0.15, -0.1) is 0 Å². The zero-order chi connectivity index (χ0) is 50.0. The predicted molar refractivity (Wildman–Crippen MR) is 305 cm³/mol. The second kappa shape index (κ2) is 59.7. The molecule has 0 aliphatic carbocycles. The standard InChI is InChI=1S/C64H127NO4/c1-3-5-7-9-11-13-15-17-19-21-23-25-27-29-30-31-32-34-35-37-39-41-43-45-47-49-51-53-55-57-61(67)59-64(69)65-62(60-66)63(68)58-56-54-52-50-48-46-44-42-40-38-36-33-28-26-24-22-20-18-16-14-12-10-8-6-4-2/h29-30,61-63,66-68H,3-28,31-60H2,1-2H3,(H,65,69)/b30-29-. The molecule has 3 unspecified atom stereocenters. The minimum Gasteiger partial charge on any atom is -0.394 e. The summed E-state index contributed by atoms with van der Waals surface area (Å²) in [5.74, 6) is -0.275. The lowest BCUT2D eigenvalue weighted by Crippen LogP contribution is -2.46. The molecule has 0 aromatic carbocycles. The second-order valence-electron chi connectivity index (χ2n) is 22.4. The molecule has 0 aromatic rings. The van der Waals surface area contributed by atoms with E-state index in [-0.39, 0.29) is 18.9 Å². The molecule has 0 spiro atoms. The highest BCUT2D eigenvalue weighted by Crippen LogP contribution is 2.19. The molecule has 0 bridgehead atoms. The van der Waals surface area contributed by atoms with Crippen molar-refractivity contribution < 1.29 is 20.1 Å². The Kier molecular flexibility index (Phi) is 58.9. The minimum atomic E-state index is -0.748. The van der Waals surface area contributed by atoms with Crippen LogP contribution >= 0.6 is 0 Å². The molecule has 69 heavy (non-hydrogen) atoms. The number of hydrogen-bond acceptors (Lipinski definition) is 4. The van der Waals surface area contributed by atoms with E-state index in [1.54, 1.807) is 0 Å². The number of rotatable bonds is 60. The predicted octanol–water partition coefficient (Wildman–Crippen LogP) is 20.2. The highest BCUT2D eigenvalue weighted by atomic mass is 16.3. The molecule has 412 valence electrons. The molecule has 0 heterocycles. The minimum absolute atomic E-state index is 0.0410. The van der Waals surface area contributed by atoms with E-state index in [4.69, 9.17) is 0 Å².